The number of pyridine rings is 1. The summed E-state index contributed by atoms with van der Waals surface area (Å²) in [5, 5.41) is 0. The number of hydrogen-bond donors (Lipinski definition) is 0. The molecule has 1 aromatic heterocycles. The Morgan fingerprint density at radius 1 is 1.00 bits per heavy atom. The summed E-state index contributed by atoms with van der Waals surface area (Å²) >= 11 is 0. The first kappa shape index (κ1) is 16.5. The molecule has 0 radical (unpaired) electrons. The Bertz CT molecular complexity index is 786. The number of carbonyl (C=O) groups excluding carboxylic acids is 3. The van der Waals surface area contributed by atoms with E-state index in [1.54, 1.807) is 11.1 Å². The quantitative estimate of drug-likeness (QED) is 0.577. The van der Waals surface area contributed by atoms with Crippen LogP contribution in [0.2, 0.25) is 0 Å². The van der Waals surface area contributed by atoms with Gasteiger partial charge in [-0.2, -0.15) is 0 Å². The minimum absolute atomic E-state index is 0.117. The second kappa shape index (κ2) is 6.18. The SMILES string of the molecule is O=C(CN1C(=O)C2C3C=CC(C3)C2C1=O)N1CCN(c2ccccn2)CC1. The molecular formula is C20H22N4O3. The summed E-state index contributed by atoms with van der Waals surface area (Å²) in [6, 6.07) is 5.79. The number of hydrogen-bond acceptors (Lipinski definition) is 5. The highest BCUT2D eigenvalue weighted by molar-refractivity contribution is 6.08. The average molecular weight is 366 g/mol. The third-order valence-electron chi connectivity index (χ3n) is 6.46. The van der Waals surface area contributed by atoms with E-state index in [9.17, 15) is 14.4 Å². The van der Waals surface area contributed by atoms with E-state index < -0.39 is 0 Å². The van der Waals surface area contributed by atoms with Crippen molar-refractivity contribution in [3.05, 3.63) is 36.5 Å². The van der Waals surface area contributed by atoms with Gasteiger partial charge in [-0.05, 0) is 30.4 Å². The molecule has 0 N–H and O–H groups in total. The molecule has 3 amide bonds. The molecular weight excluding hydrogens is 344 g/mol. The van der Waals surface area contributed by atoms with Crippen molar-refractivity contribution in [2.45, 2.75) is 6.42 Å². The summed E-state index contributed by atoms with van der Waals surface area (Å²) in [5.74, 6) is 0.354. The smallest absolute Gasteiger partial charge is 0.242 e. The number of nitrogens with zero attached hydrogens (tertiary/aromatic N) is 4. The number of piperazine rings is 1. The molecule has 7 nitrogen and oxygen atoms in total. The maximum atomic E-state index is 12.7. The van der Waals surface area contributed by atoms with E-state index in [2.05, 4.69) is 22.0 Å². The van der Waals surface area contributed by atoms with Gasteiger partial charge in [0.15, 0.2) is 0 Å². The lowest BCUT2D eigenvalue weighted by Gasteiger charge is -2.36. The topological polar surface area (TPSA) is 73.8 Å². The molecule has 7 heteroatoms. The lowest BCUT2D eigenvalue weighted by atomic mass is 9.85. The Labute approximate surface area is 157 Å². The Balaban J connectivity index is 1.21. The Morgan fingerprint density at radius 2 is 1.67 bits per heavy atom. The summed E-state index contributed by atoms with van der Waals surface area (Å²) in [6.45, 7) is 2.43. The van der Waals surface area contributed by atoms with Gasteiger partial charge < -0.3 is 9.80 Å². The van der Waals surface area contributed by atoms with E-state index in [0.717, 1.165) is 12.2 Å². The molecule has 3 heterocycles. The molecule has 0 spiro atoms. The third kappa shape index (κ3) is 2.56. The van der Waals surface area contributed by atoms with Gasteiger partial charge in [0.05, 0.1) is 11.8 Å². The van der Waals surface area contributed by atoms with E-state index in [4.69, 9.17) is 0 Å². The minimum Gasteiger partial charge on any atom is -0.353 e. The summed E-state index contributed by atoms with van der Waals surface area (Å²) in [5.41, 5.74) is 0. The zero-order chi connectivity index (χ0) is 18.5. The van der Waals surface area contributed by atoms with Gasteiger partial charge in [0.25, 0.3) is 0 Å². The maximum absolute atomic E-state index is 12.7. The molecule has 5 rings (SSSR count). The molecule has 2 aliphatic heterocycles. The Kier molecular flexibility index (Phi) is 3.77. The van der Waals surface area contributed by atoms with Gasteiger partial charge in [0.2, 0.25) is 17.7 Å². The van der Waals surface area contributed by atoms with Crippen LogP contribution in [0.5, 0.6) is 0 Å². The van der Waals surface area contributed by atoms with E-state index >= 15 is 0 Å². The largest absolute Gasteiger partial charge is 0.353 e. The summed E-state index contributed by atoms with van der Waals surface area (Å²) in [4.78, 5) is 47.6. The number of carbonyl (C=O) groups is 3. The van der Waals surface area contributed by atoms with Gasteiger partial charge in [-0.25, -0.2) is 4.98 Å². The van der Waals surface area contributed by atoms with Gasteiger partial charge in [0, 0.05) is 32.4 Å². The number of fused-ring (bicyclic) bond motifs is 5. The standard InChI is InChI=1S/C20H22N4O3/c25-16(23-9-7-22(8-10-23)15-3-1-2-6-21-15)12-24-19(26)17-13-4-5-14(11-13)18(17)20(24)27/h1-6,13-14,17-18H,7-12H2. The van der Waals surface area contributed by atoms with E-state index in [1.165, 1.54) is 4.90 Å². The van der Waals surface area contributed by atoms with Crippen LogP contribution in [0.1, 0.15) is 6.42 Å². The number of allylic oxidation sites excluding steroid dienone is 2. The predicted octanol–water partition coefficient (Wildman–Crippen LogP) is 0.537. The van der Waals surface area contributed by atoms with Gasteiger partial charge in [-0.15, -0.1) is 0 Å². The van der Waals surface area contributed by atoms with Crippen molar-refractivity contribution >= 4 is 23.5 Å². The van der Waals surface area contributed by atoms with Crippen molar-refractivity contribution in [2.75, 3.05) is 37.6 Å². The maximum Gasteiger partial charge on any atom is 0.242 e. The predicted molar refractivity (Wildman–Crippen MR) is 97.5 cm³/mol. The van der Waals surface area contributed by atoms with Gasteiger partial charge >= 0.3 is 0 Å². The monoisotopic (exact) mass is 366 g/mol. The summed E-state index contributed by atoms with van der Waals surface area (Å²) in [7, 11) is 0. The summed E-state index contributed by atoms with van der Waals surface area (Å²) in [6.07, 6.45) is 6.80. The first-order valence-electron chi connectivity index (χ1n) is 9.61. The number of rotatable bonds is 3. The van der Waals surface area contributed by atoms with Crippen LogP contribution in [0.3, 0.4) is 0 Å². The highest BCUT2D eigenvalue weighted by Crippen LogP contribution is 2.52. The Morgan fingerprint density at radius 3 is 2.26 bits per heavy atom. The van der Waals surface area contributed by atoms with Crippen LogP contribution < -0.4 is 4.90 Å². The molecule has 140 valence electrons. The van der Waals surface area contributed by atoms with Crippen LogP contribution in [0.4, 0.5) is 5.82 Å². The third-order valence-corrected chi connectivity index (χ3v) is 6.46. The van der Waals surface area contributed by atoms with Crippen molar-refractivity contribution in [1.82, 2.24) is 14.8 Å². The first-order valence-corrected chi connectivity index (χ1v) is 9.61. The van der Waals surface area contributed by atoms with Crippen LogP contribution in [0, 0.1) is 23.7 Å². The van der Waals surface area contributed by atoms with Crippen molar-refractivity contribution < 1.29 is 14.4 Å². The van der Waals surface area contributed by atoms with Crippen molar-refractivity contribution in [3.63, 3.8) is 0 Å². The number of likely N-dealkylation sites (tertiary alicyclic amines) is 1. The highest BCUT2D eigenvalue weighted by atomic mass is 16.2. The number of aromatic nitrogens is 1. The van der Waals surface area contributed by atoms with Gasteiger partial charge in [0.1, 0.15) is 12.4 Å². The lowest BCUT2D eigenvalue weighted by Crippen LogP contribution is -2.52. The fourth-order valence-corrected chi connectivity index (χ4v) is 5.08. The fourth-order valence-electron chi connectivity index (χ4n) is 5.08. The molecule has 3 fully saturated rings. The van der Waals surface area contributed by atoms with Crippen LogP contribution >= 0.6 is 0 Å². The van der Waals surface area contributed by atoms with Crippen molar-refractivity contribution in [3.8, 4) is 0 Å². The van der Waals surface area contributed by atoms with Gasteiger partial charge in [-0.1, -0.05) is 18.2 Å². The molecule has 2 bridgehead atoms. The lowest BCUT2D eigenvalue weighted by molar-refractivity contribution is -0.147. The minimum atomic E-state index is -0.235. The van der Waals surface area contributed by atoms with Gasteiger partial charge in [-0.3, -0.25) is 19.3 Å². The molecule has 4 aliphatic rings. The van der Waals surface area contributed by atoms with E-state index in [0.29, 0.717) is 26.2 Å². The van der Waals surface area contributed by atoms with E-state index in [-0.39, 0.29) is 47.9 Å². The van der Waals surface area contributed by atoms with Crippen molar-refractivity contribution in [2.24, 2.45) is 23.7 Å². The molecule has 0 aromatic carbocycles. The molecule has 27 heavy (non-hydrogen) atoms. The van der Waals surface area contributed by atoms with Crippen molar-refractivity contribution in [1.29, 1.82) is 0 Å². The number of anilines is 1. The van der Waals surface area contributed by atoms with Crippen LogP contribution in [0.25, 0.3) is 0 Å². The summed E-state index contributed by atoms with van der Waals surface area (Å²) < 4.78 is 0. The number of imide groups is 1. The zero-order valence-corrected chi connectivity index (χ0v) is 15.0. The zero-order valence-electron chi connectivity index (χ0n) is 15.0. The highest BCUT2D eigenvalue weighted by Gasteiger charge is 2.59. The second-order valence-corrected chi connectivity index (χ2v) is 7.82. The molecule has 4 atom stereocenters. The number of amides is 3. The molecule has 2 aliphatic carbocycles. The molecule has 2 saturated heterocycles. The fraction of sp³-hybridized carbons (Fsp3) is 0.500. The molecule has 1 aromatic rings. The van der Waals surface area contributed by atoms with Crippen LogP contribution in [-0.2, 0) is 14.4 Å². The first-order chi connectivity index (χ1) is 13.1. The van der Waals surface area contributed by atoms with Crippen LogP contribution in [-0.4, -0.2) is 65.2 Å². The van der Waals surface area contributed by atoms with Crippen LogP contribution in [0.15, 0.2) is 36.5 Å². The molecule has 4 unspecified atom stereocenters. The Hall–Kier alpha value is -2.70. The normalized spacial score (nSPS) is 31.8. The second-order valence-electron chi connectivity index (χ2n) is 7.82. The van der Waals surface area contributed by atoms with E-state index in [1.807, 2.05) is 18.2 Å². The average Bonchev–Trinajstić information content (AvgIpc) is 3.39. The molecule has 1 saturated carbocycles.